The van der Waals surface area contributed by atoms with Gasteiger partial charge in [0, 0.05) is 36.5 Å². The summed E-state index contributed by atoms with van der Waals surface area (Å²) < 4.78 is 13.0. The lowest BCUT2D eigenvalue weighted by Gasteiger charge is -2.17. The molecule has 0 radical (unpaired) electrons. The fourth-order valence-corrected chi connectivity index (χ4v) is 1.99. The van der Waals surface area contributed by atoms with Crippen LogP contribution >= 0.6 is 0 Å². The van der Waals surface area contributed by atoms with Crippen LogP contribution in [0.3, 0.4) is 0 Å². The van der Waals surface area contributed by atoms with E-state index in [2.05, 4.69) is 17.3 Å². The van der Waals surface area contributed by atoms with Gasteiger partial charge in [0.25, 0.3) is 0 Å². The molecular formula is C15H21N3O2. The minimum atomic E-state index is 0.213. The van der Waals surface area contributed by atoms with Gasteiger partial charge in [-0.05, 0) is 20.0 Å². The molecule has 2 aromatic rings. The van der Waals surface area contributed by atoms with Gasteiger partial charge in [0.2, 0.25) is 0 Å². The molecule has 1 unspecified atom stereocenters. The van der Waals surface area contributed by atoms with Crippen molar-refractivity contribution in [3.8, 4) is 11.5 Å². The summed E-state index contributed by atoms with van der Waals surface area (Å²) >= 11 is 0. The Balaban J connectivity index is 2.18. The van der Waals surface area contributed by atoms with E-state index in [1.165, 1.54) is 0 Å². The summed E-state index contributed by atoms with van der Waals surface area (Å²) in [6.07, 6.45) is 3.75. The van der Waals surface area contributed by atoms with Crippen molar-refractivity contribution >= 4 is 0 Å². The molecule has 20 heavy (non-hydrogen) atoms. The second-order valence-corrected chi connectivity index (χ2v) is 4.73. The molecule has 5 heteroatoms. The molecule has 0 fully saturated rings. The molecule has 0 aliphatic heterocycles. The first-order chi connectivity index (χ1) is 9.63. The number of benzene rings is 1. The van der Waals surface area contributed by atoms with E-state index in [1.807, 2.05) is 38.5 Å². The van der Waals surface area contributed by atoms with Crippen molar-refractivity contribution in [2.45, 2.75) is 19.6 Å². The van der Waals surface area contributed by atoms with E-state index in [0.717, 1.165) is 22.6 Å². The largest absolute Gasteiger partial charge is 0.497 e. The van der Waals surface area contributed by atoms with Crippen LogP contribution in [-0.2, 0) is 13.7 Å². The molecular weight excluding hydrogens is 254 g/mol. The Bertz CT molecular complexity index is 566. The zero-order valence-electron chi connectivity index (χ0n) is 12.4. The van der Waals surface area contributed by atoms with Gasteiger partial charge in [-0.2, -0.15) is 5.10 Å². The molecule has 5 nitrogen and oxygen atoms in total. The molecule has 0 saturated heterocycles. The SMILES string of the molecule is CNC(C)c1ccc(OC)cc1OCc1cnn(C)c1. The second kappa shape index (κ2) is 6.43. The van der Waals surface area contributed by atoms with Crippen LogP contribution in [0.1, 0.15) is 24.1 Å². The minimum absolute atomic E-state index is 0.213. The molecule has 0 bridgehead atoms. The predicted molar refractivity (Wildman–Crippen MR) is 78.0 cm³/mol. The van der Waals surface area contributed by atoms with E-state index in [4.69, 9.17) is 9.47 Å². The van der Waals surface area contributed by atoms with Gasteiger partial charge in [-0.15, -0.1) is 0 Å². The van der Waals surface area contributed by atoms with Crippen molar-refractivity contribution in [3.63, 3.8) is 0 Å². The van der Waals surface area contributed by atoms with Gasteiger partial charge in [0.15, 0.2) is 0 Å². The van der Waals surface area contributed by atoms with Crippen molar-refractivity contribution in [2.75, 3.05) is 14.2 Å². The van der Waals surface area contributed by atoms with Crippen LogP contribution in [-0.4, -0.2) is 23.9 Å². The lowest BCUT2D eigenvalue weighted by Crippen LogP contribution is -2.13. The summed E-state index contributed by atoms with van der Waals surface area (Å²) in [7, 11) is 5.48. The molecule has 1 N–H and O–H groups in total. The average molecular weight is 275 g/mol. The summed E-state index contributed by atoms with van der Waals surface area (Å²) in [5, 5.41) is 7.36. The fraction of sp³-hybridized carbons (Fsp3) is 0.400. The lowest BCUT2D eigenvalue weighted by molar-refractivity contribution is 0.297. The van der Waals surface area contributed by atoms with Gasteiger partial charge in [0.05, 0.1) is 13.3 Å². The van der Waals surface area contributed by atoms with Crippen LogP contribution in [0.2, 0.25) is 0 Å². The summed E-state index contributed by atoms with van der Waals surface area (Å²) in [5.74, 6) is 1.62. The van der Waals surface area contributed by atoms with Crippen LogP contribution in [0.5, 0.6) is 11.5 Å². The molecule has 1 heterocycles. The van der Waals surface area contributed by atoms with Crippen LogP contribution in [0, 0.1) is 0 Å². The van der Waals surface area contributed by atoms with Gasteiger partial charge < -0.3 is 14.8 Å². The maximum absolute atomic E-state index is 5.93. The molecule has 0 amide bonds. The Hall–Kier alpha value is -2.01. The zero-order chi connectivity index (χ0) is 14.5. The first kappa shape index (κ1) is 14.4. The summed E-state index contributed by atoms with van der Waals surface area (Å²) in [6.45, 7) is 2.59. The number of rotatable bonds is 6. The second-order valence-electron chi connectivity index (χ2n) is 4.73. The third-order valence-electron chi connectivity index (χ3n) is 3.27. The number of aromatic nitrogens is 2. The number of aryl methyl sites for hydroxylation is 1. The smallest absolute Gasteiger partial charge is 0.128 e. The Morgan fingerprint density at radius 1 is 1.40 bits per heavy atom. The average Bonchev–Trinajstić information content (AvgIpc) is 2.89. The normalized spacial score (nSPS) is 12.2. The maximum Gasteiger partial charge on any atom is 0.128 e. The standard InChI is InChI=1S/C15H21N3O2/c1-11(16-2)14-6-5-13(19-4)7-15(14)20-10-12-8-17-18(3)9-12/h5-9,11,16H,10H2,1-4H3. The van der Waals surface area contributed by atoms with Crippen LogP contribution in [0.25, 0.3) is 0 Å². The topological polar surface area (TPSA) is 48.3 Å². The molecule has 0 aliphatic rings. The van der Waals surface area contributed by atoms with E-state index in [1.54, 1.807) is 18.0 Å². The van der Waals surface area contributed by atoms with Crippen molar-refractivity contribution in [3.05, 3.63) is 41.7 Å². The van der Waals surface area contributed by atoms with Gasteiger partial charge in [-0.1, -0.05) is 6.07 Å². The Morgan fingerprint density at radius 3 is 2.80 bits per heavy atom. The number of nitrogens with one attached hydrogen (secondary N) is 1. The number of hydrogen-bond acceptors (Lipinski definition) is 4. The molecule has 108 valence electrons. The highest BCUT2D eigenvalue weighted by molar-refractivity contribution is 5.42. The monoisotopic (exact) mass is 275 g/mol. The number of hydrogen-bond donors (Lipinski definition) is 1. The highest BCUT2D eigenvalue weighted by atomic mass is 16.5. The highest BCUT2D eigenvalue weighted by Gasteiger charge is 2.12. The van der Waals surface area contributed by atoms with Crippen molar-refractivity contribution in [1.29, 1.82) is 0 Å². The van der Waals surface area contributed by atoms with Crippen LogP contribution in [0.4, 0.5) is 0 Å². The van der Waals surface area contributed by atoms with Gasteiger partial charge in [-0.3, -0.25) is 4.68 Å². The molecule has 0 saturated carbocycles. The highest BCUT2D eigenvalue weighted by Crippen LogP contribution is 2.30. The quantitative estimate of drug-likeness (QED) is 0.878. The zero-order valence-corrected chi connectivity index (χ0v) is 12.4. The van der Waals surface area contributed by atoms with Gasteiger partial charge >= 0.3 is 0 Å². The van der Waals surface area contributed by atoms with Crippen molar-refractivity contribution in [1.82, 2.24) is 15.1 Å². The molecule has 1 aromatic carbocycles. The first-order valence-corrected chi connectivity index (χ1v) is 6.59. The van der Waals surface area contributed by atoms with Gasteiger partial charge in [0.1, 0.15) is 18.1 Å². The number of methoxy groups -OCH3 is 1. The maximum atomic E-state index is 5.93. The first-order valence-electron chi connectivity index (χ1n) is 6.59. The van der Waals surface area contributed by atoms with Gasteiger partial charge in [-0.25, -0.2) is 0 Å². The Morgan fingerprint density at radius 2 is 2.20 bits per heavy atom. The molecule has 1 aromatic heterocycles. The Kier molecular flexibility index (Phi) is 4.63. The van der Waals surface area contributed by atoms with E-state index in [-0.39, 0.29) is 6.04 Å². The minimum Gasteiger partial charge on any atom is -0.497 e. The summed E-state index contributed by atoms with van der Waals surface area (Å²) in [5.41, 5.74) is 2.15. The van der Waals surface area contributed by atoms with E-state index in [9.17, 15) is 0 Å². The third kappa shape index (κ3) is 3.30. The molecule has 2 rings (SSSR count). The Labute approximate surface area is 119 Å². The molecule has 0 aliphatic carbocycles. The van der Waals surface area contributed by atoms with E-state index < -0.39 is 0 Å². The van der Waals surface area contributed by atoms with E-state index in [0.29, 0.717) is 6.61 Å². The summed E-state index contributed by atoms with van der Waals surface area (Å²) in [6, 6.07) is 6.10. The van der Waals surface area contributed by atoms with Crippen LogP contribution in [0.15, 0.2) is 30.6 Å². The fourth-order valence-electron chi connectivity index (χ4n) is 1.99. The van der Waals surface area contributed by atoms with Crippen LogP contribution < -0.4 is 14.8 Å². The predicted octanol–water partition coefficient (Wildman–Crippen LogP) is 2.29. The van der Waals surface area contributed by atoms with E-state index >= 15 is 0 Å². The molecule has 1 atom stereocenters. The number of nitrogens with zero attached hydrogens (tertiary/aromatic N) is 2. The van der Waals surface area contributed by atoms with Crippen molar-refractivity contribution < 1.29 is 9.47 Å². The number of ether oxygens (including phenoxy) is 2. The third-order valence-corrected chi connectivity index (χ3v) is 3.27. The van der Waals surface area contributed by atoms with Crippen molar-refractivity contribution in [2.24, 2.45) is 7.05 Å². The molecule has 0 spiro atoms. The summed E-state index contributed by atoms with van der Waals surface area (Å²) in [4.78, 5) is 0. The lowest BCUT2D eigenvalue weighted by atomic mass is 10.1.